The van der Waals surface area contributed by atoms with Gasteiger partial charge in [0.1, 0.15) is 0 Å². The fraction of sp³-hybridized carbons (Fsp3) is 0.400. The van der Waals surface area contributed by atoms with E-state index in [4.69, 9.17) is 0 Å². The summed E-state index contributed by atoms with van der Waals surface area (Å²) in [4.78, 5) is 5.38. The second-order valence-electron chi connectivity index (χ2n) is 20.2. The molecule has 4 aliphatic rings. The van der Waals surface area contributed by atoms with E-state index >= 15 is 0 Å². The van der Waals surface area contributed by atoms with Crippen molar-refractivity contribution in [2.75, 3.05) is 9.80 Å². The standard InChI is InChI=1S/C50H59BN2/c1-47(2,3)32-23-26-35(27-24-32)52-41-28-25-34(49(7,8)9)30-40(41)51-45-38-20-14-13-19-37(38)39(50(10,11)12)31-44(45)53(43-22-16-21-42(52)46(43)51)36-18-15-17-33(29-36)48(4,5)6/h13-23,25-26,29-31,41H,24,27-28H2,1-12H3. The Kier molecular flexibility index (Phi) is 8.19. The Balaban J connectivity index is 1.49. The Morgan fingerprint density at radius 3 is 1.94 bits per heavy atom. The van der Waals surface area contributed by atoms with Gasteiger partial charge in [-0.15, -0.1) is 0 Å². The summed E-state index contributed by atoms with van der Waals surface area (Å²) in [6, 6.07) is 28.6. The minimum Gasteiger partial charge on any atom is -0.339 e. The molecule has 0 amide bonds. The van der Waals surface area contributed by atoms with Gasteiger partial charge in [-0.05, 0) is 116 Å². The van der Waals surface area contributed by atoms with Gasteiger partial charge in [-0.1, -0.05) is 155 Å². The van der Waals surface area contributed by atoms with E-state index in [9.17, 15) is 0 Å². The predicted molar refractivity (Wildman–Crippen MR) is 232 cm³/mol. The maximum absolute atomic E-state index is 2.76. The zero-order chi connectivity index (χ0) is 37.8. The first-order valence-corrected chi connectivity index (χ1v) is 20.1. The molecule has 2 aliphatic heterocycles. The second kappa shape index (κ2) is 12.1. The molecule has 0 saturated carbocycles. The maximum Gasteiger partial charge on any atom is 0.248 e. The zero-order valence-electron chi connectivity index (χ0n) is 34.4. The highest BCUT2D eigenvalue weighted by Gasteiger charge is 2.49. The highest BCUT2D eigenvalue weighted by atomic mass is 15.2. The molecule has 2 nitrogen and oxygen atoms in total. The molecular formula is C50H59BN2. The lowest BCUT2D eigenvalue weighted by Crippen LogP contribution is -2.62. The molecule has 0 saturated heterocycles. The minimum atomic E-state index is -0.0271. The summed E-state index contributed by atoms with van der Waals surface area (Å²) in [5.41, 5.74) is 17.1. The lowest BCUT2D eigenvalue weighted by molar-refractivity contribution is 0.477. The van der Waals surface area contributed by atoms with E-state index < -0.39 is 0 Å². The molecule has 2 aliphatic carbocycles. The molecule has 0 N–H and O–H groups in total. The molecular weight excluding hydrogens is 639 g/mol. The Morgan fingerprint density at radius 2 is 1.30 bits per heavy atom. The molecule has 4 aromatic carbocycles. The number of fused-ring (bicyclic) bond motifs is 6. The quantitative estimate of drug-likeness (QED) is 0.192. The van der Waals surface area contributed by atoms with Gasteiger partial charge in [0, 0.05) is 28.4 Å². The lowest BCUT2D eigenvalue weighted by Gasteiger charge is -2.51. The molecule has 1 unspecified atom stereocenters. The first kappa shape index (κ1) is 35.8. The lowest BCUT2D eigenvalue weighted by atomic mass is 9.30. The van der Waals surface area contributed by atoms with Gasteiger partial charge in [0.25, 0.3) is 0 Å². The predicted octanol–water partition coefficient (Wildman–Crippen LogP) is 12.5. The van der Waals surface area contributed by atoms with Crippen molar-refractivity contribution in [3.05, 3.63) is 131 Å². The zero-order valence-corrected chi connectivity index (χ0v) is 34.4. The van der Waals surface area contributed by atoms with Gasteiger partial charge in [0.2, 0.25) is 6.71 Å². The average molecular weight is 699 g/mol. The second-order valence-corrected chi connectivity index (χ2v) is 20.2. The van der Waals surface area contributed by atoms with Crippen molar-refractivity contribution in [3.8, 4) is 0 Å². The monoisotopic (exact) mass is 698 g/mol. The largest absolute Gasteiger partial charge is 0.339 e. The van der Waals surface area contributed by atoms with Gasteiger partial charge >= 0.3 is 0 Å². The van der Waals surface area contributed by atoms with Crippen LogP contribution < -0.4 is 20.7 Å². The third kappa shape index (κ3) is 5.94. The van der Waals surface area contributed by atoms with Crippen LogP contribution in [0.1, 0.15) is 113 Å². The summed E-state index contributed by atoms with van der Waals surface area (Å²) in [6.07, 6.45) is 13.2. The van der Waals surface area contributed by atoms with Crippen LogP contribution in [0.15, 0.2) is 119 Å². The number of nitrogens with zero attached hydrogens (tertiary/aromatic N) is 2. The summed E-state index contributed by atoms with van der Waals surface area (Å²) < 4.78 is 0. The Hall–Kier alpha value is -4.24. The third-order valence-corrected chi connectivity index (χ3v) is 12.4. The first-order chi connectivity index (χ1) is 24.8. The van der Waals surface area contributed by atoms with E-state index in [1.54, 1.807) is 11.0 Å². The molecule has 0 aromatic heterocycles. The highest BCUT2D eigenvalue weighted by Crippen LogP contribution is 2.49. The summed E-state index contributed by atoms with van der Waals surface area (Å²) in [5.74, 6) is 0. The van der Waals surface area contributed by atoms with E-state index in [1.165, 1.54) is 66.8 Å². The molecule has 2 heterocycles. The van der Waals surface area contributed by atoms with Gasteiger partial charge in [-0.25, -0.2) is 0 Å². The first-order valence-electron chi connectivity index (χ1n) is 20.1. The minimum absolute atomic E-state index is 0.0271. The van der Waals surface area contributed by atoms with Gasteiger partial charge < -0.3 is 9.80 Å². The summed E-state index contributed by atoms with van der Waals surface area (Å²) in [6.45, 7) is 28.4. The average Bonchev–Trinajstić information content (AvgIpc) is 3.09. The van der Waals surface area contributed by atoms with E-state index in [0.717, 1.165) is 19.3 Å². The Bertz CT molecular complexity index is 2270. The van der Waals surface area contributed by atoms with Crippen LogP contribution in [0.25, 0.3) is 10.8 Å². The number of anilines is 4. The SMILES string of the molecule is CC(C)(C)C1=CCC2C(=C1)B1c3c(cccc3N2C2=CC=C(C(C)(C)C)CC2)N(c2cccc(C(C)(C)C)c2)c2cc(C(C)(C)C)c3ccccc3c21. The van der Waals surface area contributed by atoms with Crippen molar-refractivity contribution in [2.45, 2.75) is 119 Å². The molecule has 3 heteroatoms. The number of benzene rings is 4. The van der Waals surface area contributed by atoms with Crippen LogP contribution >= 0.6 is 0 Å². The number of allylic oxidation sites excluding steroid dienone is 6. The van der Waals surface area contributed by atoms with Crippen molar-refractivity contribution in [3.63, 3.8) is 0 Å². The van der Waals surface area contributed by atoms with Crippen molar-refractivity contribution in [1.82, 2.24) is 0 Å². The smallest absolute Gasteiger partial charge is 0.248 e. The number of hydrogen-bond acceptors (Lipinski definition) is 2. The van der Waals surface area contributed by atoms with Crippen LogP contribution in [0.5, 0.6) is 0 Å². The normalized spacial score (nSPS) is 18.9. The van der Waals surface area contributed by atoms with E-state index in [0.29, 0.717) is 0 Å². The molecule has 0 spiro atoms. The van der Waals surface area contributed by atoms with E-state index in [2.05, 4.69) is 190 Å². The molecule has 53 heavy (non-hydrogen) atoms. The number of rotatable bonds is 2. The highest BCUT2D eigenvalue weighted by molar-refractivity contribution is 6.96. The third-order valence-electron chi connectivity index (χ3n) is 12.4. The topological polar surface area (TPSA) is 6.48 Å². The van der Waals surface area contributed by atoms with Crippen LogP contribution in [0.3, 0.4) is 0 Å². The van der Waals surface area contributed by atoms with Crippen LogP contribution in [0, 0.1) is 10.8 Å². The molecule has 1 atom stereocenters. The van der Waals surface area contributed by atoms with Gasteiger partial charge in [-0.3, -0.25) is 0 Å². The summed E-state index contributed by atoms with van der Waals surface area (Å²) in [5, 5.41) is 2.76. The molecule has 272 valence electrons. The fourth-order valence-corrected chi connectivity index (χ4v) is 9.47. The van der Waals surface area contributed by atoms with Gasteiger partial charge in [0.15, 0.2) is 0 Å². The molecule has 0 fully saturated rings. The Labute approximate surface area is 320 Å². The number of hydrogen-bond donors (Lipinski definition) is 0. The fourth-order valence-electron chi connectivity index (χ4n) is 9.47. The Morgan fingerprint density at radius 1 is 0.604 bits per heavy atom. The molecule has 0 bridgehead atoms. The maximum atomic E-state index is 2.76. The molecule has 4 aromatic rings. The van der Waals surface area contributed by atoms with Crippen LogP contribution in [0.4, 0.5) is 22.7 Å². The van der Waals surface area contributed by atoms with Crippen LogP contribution in [-0.2, 0) is 10.8 Å². The van der Waals surface area contributed by atoms with Gasteiger partial charge in [-0.2, -0.15) is 0 Å². The van der Waals surface area contributed by atoms with E-state index in [-0.39, 0.29) is 34.4 Å². The van der Waals surface area contributed by atoms with Crippen molar-refractivity contribution >= 4 is 51.2 Å². The summed E-state index contributed by atoms with van der Waals surface area (Å²) in [7, 11) is 0. The van der Waals surface area contributed by atoms with Gasteiger partial charge in [0.05, 0.1) is 6.04 Å². The van der Waals surface area contributed by atoms with Crippen LogP contribution in [-0.4, -0.2) is 12.8 Å². The van der Waals surface area contributed by atoms with Crippen molar-refractivity contribution in [1.29, 1.82) is 0 Å². The van der Waals surface area contributed by atoms with Crippen LogP contribution in [0.2, 0.25) is 0 Å². The molecule has 8 rings (SSSR count). The van der Waals surface area contributed by atoms with Crippen molar-refractivity contribution in [2.24, 2.45) is 10.8 Å². The summed E-state index contributed by atoms with van der Waals surface area (Å²) >= 11 is 0. The van der Waals surface area contributed by atoms with E-state index in [1.807, 2.05) is 0 Å². The molecule has 0 radical (unpaired) electrons. The van der Waals surface area contributed by atoms with Crippen molar-refractivity contribution < 1.29 is 0 Å².